The molecule has 0 atom stereocenters. The van der Waals surface area contributed by atoms with E-state index >= 15 is 0 Å². The van der Waals surface area contributed by atoms with E-state index in [4.69, 9.17) is 9.15 Å². The lowest BCUT2D eigenvalue weighted by atomic mass is 10.1. The van der Waals surface area contributed by atoms with Crippen molar-refractivity contribution in [2.24, 2.45) is 0 Å². The van der Waals surface area contributed by atoms with Gasteiger partial charge in [-0.15, -0.1) is 0 Å². The van der Waals surface area contributed by atoms with E-state index in [2.05, 4.69) is 10.6 Å². The highest BCUT2D eigenvalue weighted by molar-refractivity contribution is 6.07. The Labute approximate surface area is 164 Å². The van der Waals surface area contributed by atoms with Crippen molar-refractivity contribution in [1.82, 2.24) is 5.32 Å². The summed E-state index contributed by atoms with van der Waals surface area (Å²) in [4.78, 5) is 26.2. The number of hydrogen-bond acceptors (Lipinski definition) is 4. The predicted molar refractivity (Wildman–Crippen MR) is 106 cm³/mol. The average Bonchev–Trinajstić information content (AvgIpc) is 3.24. The third kappa shape index (κ3) is 6.07. The number of carbonyl (C=O) groups excluding carboxylic acids is 2. The van der Waals surface area contributed by atoms with E-state index < -0.39 is 0 Å². The number of nitrogens with one attached hydrogen (secondary N) is 3. The fourth-order valence-corrected chi connectivity index (χ4v) is 3.05. The Bertz CT molecular complexity index is 796. The first kappa shape index (κ1) is 19.9. The first-order valence-electron chi connectivity index (χ1n) is 9.53. The summed E-state index contributed by atoms with van der Waals surface area (Å²) in [5.41, 5.74) is 0.925. The molecule has 3 rings (SSSR count). The van der Waals surface area contributed by atoms with Crippen LogP contribution in [0.3, 0.4) is 0 Å². The Morgan fingerprint density at radius 2 is 1.93 bits per heavy atom. The number of furan rings is 1. The molecule has 0 aliphatic carbocycles. The SMILES string of the molecule is O=C(/C=C/c1ccco1)Nc1ccccc1C(=O)NCCC[NH+]1CCOCC1. The minimum atomic E-state index is -0.326. The molecule has 0 unspecified atom stereocenters. The number of morpholine rings is 1. The number of rotatable bonds is 8. The lowest BCUT2D eigenvalue weighted by molar-refractivity contribution is -0.908. The van der Waals surface area contributed by atoms with Crippen LogP contribution in [0, 0.1) is 0 Å². The summed E-state index contributed by atoms with van der Waals surface area (Å²) in [5, 5.41) is 5.69. The number of amides is 2. The molecule has 0 spiro atoms. The molecule has 3 N–H and O–H groups in total. The van der Waals surface area contributed by atoms with Gasteiger partial charge >= 0.3 is 0 Å². The molecule has 1 aliphatic heterocycles. The molecule has 148 valence electrons. The largest absolute Gasteiger partial charge is 0.465 e. The number of quaternary nitrogens is 1. The maximum atomic E-state index is 12.5. The first-order chi connectivity index (χ1) is 13.7. The molecule has 2 aromatic rings. The molecule has 1 aliphatic rings. The number of para-hydroxylation sites is 1. The molecule has 7 nitrogen and oxygen atoms in total. The summed E-state index contributed by atoms with van der Waals surface area (Å²) in [6.45, 7) is 5.28. The van der Waals surface area contributed by atoms with E-state index in [1.54, 1.807) is 42.5 Å². The number of anilines is 1. The molecule has 1 aromatic carbocycles. The van der Waals surface area contributed by atoms with Gasteiger partial charge in [0.15, 0.2) is 0 Å². The standard InChI is InChI=1S/C21H25N3O4/c25-20(9-8-17-5-3-14-28-17)23-19-7-2-1-6-18(19)21(26)22-10-4-11-24-12-15-27-16-13-24/h1-3,5-9,14H,4,10-13,15-16H2,(H,22,26)(H,23,25)/p+1/b9-8+. The van der Waals surface area contributed by atoms with E-state index in [0.29, 0.717) is 23.6 Å². The van der Waals surface area contributed by atoms with Gasteiger partial charge in [0.25, 0.3) is 5.91 Å². The number of ether oxygens (including phenoxy) is 1. The Hall–Kier alpha value is -2.90. The summed E-state index contributed by atoms with van der Waals surface area (Å²) in [6, 6.07) is 10.5. The molecule has 28 heavy (non-hydrogen) atoms. The van der Waals surface area contributed by atoms with Crippen molar-refractivity contribution < 1.29 is 23.6 Å². The Kier molecular flexibility index (Phi) is 7.40. The molecular formula is C21H26N3O4+. The quantitative estimate of drug-likeness (QED) is 0.468. The van der Waals surface area contributed by atoms with Crippen LogP contribution in [0.4, 0.5) is 5.69 Å². The van der Waals surface area contributed by atoms with Crippen LogP contribution in [-0.4, -0.2) is 51.2 Å². The van der Waals surface area contributed by atoms with Crippen LogP contribution >= 0.6 is 0 Å². The molecule has 1 aromatic heterocycles. The second kappa shape index (κ2) is 10.4. The van der Waals surface area contributed by atoms with Gasteiger partial charge in [-0.3, -0.25) is 9.59 Å². The van der Waals surface area contributed by atoms with Gasteiger partial charge in [0.1, 0.15) is 18.8 Å². The first-order valence-corrected chi connectivity index (χ1v) is 9.53. The van der Waals surface area contributed by atoms with Crippen LogP contribution in [-0.2, 0) is 9.53 Å². The Morgan fingerprint density at radius 1 is 1.11 bits per heavy atom. The fraction of sp³-hybridized carbons (Fsp3) is 0.333. The predicted octanol–water partition coefficient (Wildman–Crippen LogP) is 0.967. The van der Waals surface area contributed by atoms with Crippen LogP contribution in [0.25, 0.3) is 6.08 Å². The van der Waals surface area contributed by atoms with E-state index in [1.807, 2.05) is 0 Å². The highest BCUT2D eigenvalue weighted by Crippen LogP contribution is 2.15. The van der Waals surface area contributed by atoms with Crippen LogP contribution in [0.15, 0.2) is 53.2 Å². The topological polar surface area (TPSA) is 85.0 Å². The molecule has 1 saturated heterocycles. The molecular weight excluding hydrogens is 358 g/mol. The minimum absolute atomic E-state index is 0.192. The van der Waals surface area contributed by atoms with Crippen LogP contribution in [0.5, 0.6) is 0 Å². The lowest BCUT2D eigenvalue weighted by Gasteiger charge is -2.23. The summed E-state index contributed by atoms with van der Waals surface area (Å²) in [7, 11) is 0. The van der Waals surface area contributed by atoms with Crippen molar-refractivity contribution >= 4 is 23.6 Å². The number of benzene rings is 1. The third-order valence-electron chi connectivity index (χ3n) is 4.56. The molecule has 0 saturated carbocycles. The van der Waals surface area contributed by atoms with E-state index in [9.17, 15) is 9.59 Å². The van der Waals surface area contributed by atoms with Crippen molar-refractivity contribution in [3.8, 4) is 0 Å². The highest BCUT2D eigenvalue weighted by Gasteiger charge is 2.14. The van der Waals surface area contributed by atoms with E-state index in [1.165, 1.54) is 17.2 Å². The highest BCUT2D eigenvalue weighted by atomic mass is 16.5. The van der Waals surface area contributed by atoms with Gasteiger partial charge in [-0.1, -0.05) is 12.1 Å². The maximum Gasteiger partial charge on any atom is 0.253 e. The van der Waals surface area contributed by atoms with Gasteiger partial charge in [0.2, 0.25) is 5.91 Å². The zero-order valence-corrected chi connectivity index (χ0v) is 15.8. The van der Waals surface area contributed by atoms with E-state index in [0.717, 1.165) is 39.3 Å². The molecule has 0 radical (unpaired) electrons. The monoisotopic (exact) mass is 384 g/mol. The van der Waals surface area contributed by atoms with Gasteiger partial charge in [-0.05, 0) is 30.3 Å². The normalized spacial score (nSPS) is 14.9. The minimum Gasteiger partial charge on any atom is -0.465 e. The van der Waals surface area contributed by atoms with Crippen molar-refractivity contribution in [2.75, 3.05) is 44.7 Å². The van der Waals surface area contributed by atoms with Gasteiger partial charge < -0.3 is 24.7 Å². The second-order valence-corrected chi connectivity index (χ2v) is 6.61. The van der Waals surface area contributed by atoms with Crippen molar-refractivity contribution in [2.45, 2.75) is 6.42 Å². The van der Waals surface area contributed by atoms with Gasteiger partial charge in [-0.25, -0.2) is 0 Å². The lowest BCUT2D eigenvalue weighted by Crippen LogP contribution is -3.14. The van der Waals surface area contributed by atoms with Gasteiger partial charge in [-0.2, -0.15) is 0 Å². The summed E-state index contributed by atoms with van der Waals surface area (Å²) < 4.78 is 10.5. The summed E-state index contributed by atoms with van der Waals surface area (Å²) in [6.07, 6.45) is 5.39. The zero-order valence-electron chi connectivity index (χ0n) is 15.8. The number of hydrogen-bond donors (Lipinski definition) is 3. The van der Waals surface area contributed by atoms with Crippen LogP contribution in [0.1, 0.15) is 22.5 Å². The Morgan fingerprint density at radius 3 is 2.71 bits per heavy atom. The fourth-order valence-electron chi connectivity index (χ4n) is 3.05. The van der Waals surface area contributed by atoms with Crippen molar-refractivity contribution in [3.63, 3.8) is 0 Å². The summed E-state index contributed by atoms with van der Waals surface area (Å²) >= 11 is 0. The van der Waals surface area contributed by atoms with Crippen molar-refractivity contribution in [1.29, 1.82) is 0 Å². The molecule has 0 bridgehead atoms. The van der Waals surface area contributed by atoms with E-state index in [-0.39, 0.29) is 11.8 Å². The smallest absolute Gasteiger partial charge is 0.253 e. The number of carbonyl (C=O) groups is 2. The molecule has 2 heterocycles. The molecule has 1 fully saturated rings. The third-order valence-corrected chi connectivity index (χ3v) is 4.56. The van der Waals surface area contributed by atoms with Gasteiger partial charge in [0.05, 0.1) is 37.3 Å². The molecule has 2 amide bonds. The molecule has 7 heteroatoms. The second-order valence-electron chi connectivity index (χ2n) is 6.61. The van der Waals surface area contributed by atoms with Crippen LogP contribution in [0.2, 0.25) is 0 Å². The van der Waals surface area contributed by atoms with Crippen LogP contribution < -0.4 is 15.5 Å². The maximum absolute atomic E-state index is 12.5. The summed E-state index contributed by atoms with van der Waals surface area (Å²) in [5.74, 6) is 0.0686. The van der Waals surface area contributed by atoms with Crippen molar-refractivity contribution in [3.05, 3.63) is 60.1 Å². The average molecular weight is 384 g/mol. The van der Waals surface area contributed by atoms with Gasteiger partial charge in [0, 0.05) is 19.0 Å². The Balaban J connectivity index is 1.49. The zero-order chi connectivity index (χ0) is 19.6.